The molecule has 146 valence electrons. The molecule has 3 aromatic rings. The van der Waals surface area contributed by atoms with E-state index in [9.17, 15) is 4.79 Å². The summed E-state index contributed by atoms with van der Waals surface area (Å²) in [5.74, 6) is 1.16. The van der Waals surface area contributed by atoms with Gasteiger partial charge in [-0.3, -0.25) is 0 Å². The number of anilines is 1. The summed E-state index contributed by atoms with van der Waals surface area (Å²) in [5, 5.41) is 4.23. The van der Waals surface area contributed by atoms with Crippen molar-refractivity contribution >= 4 is 38.6 Å². The Kier molecular flexibility index (Phi) is 4.93. The number of benzene rings is 2. The molecule has 1 aromatic heterocycles. The van der Waals surface area contributed by atoms with Crippen LogP contribution in [0.5, 0.6) is 11.5 Å². The van der Waals surface area contributed by atoms with Gasteiger partial charge in [0.05, 0.1) is 25.9 Å². The van der Waals surface area contributed by atoms with Gasteiger partial charge >= 0.3 is 6.03 Å². The fourth-order valence-corrected chi connectivity index (χ4v) is 4.26. The first kappa shape index (κ1) is 18.7. The Morgan fingerprint density at radius 2 is 1.93 bits per heavy atom. The first-order valence-corrected chi connectivity index (χ1v) is 9.91. The quantitative estimate of drug-likeness (QED) is 0.591. The first-order chi connectivity index (χ1) is 13.5. The molecule has 4 rings (SSSR count). The summed E-state index contributed by atoms with van der Waals surface area (Å²) < 4.78 is 11.4. The average Bonchev–Trinajstić information content (AvgIpc) is 3.09. The van der Waals surface area contributed by atoms with Crippen LogP contribution >= 0.6 is 15.9 Å². The van der Waals surface area contributed by atoms with Crippen LogP contribution in [0.2, 0.25) is 0 Å². The van der Waals surface area contributed by atoms with E-state index >= 15 is 0 Å². The third kappa shape index (κ3) is 3.09. The van der Waals surface area contributed by atoms with Crippen molar-refractivity contribution in [1.29, 1.82) is 0 Å². The average molecular weight is 444 g/mol. The van der Waals surface area contributed by atoms with E-state index in [-0.39, 0.29) is 12.1 Å². The highest BCUT2D eigenvalue weighted by molar-refractivity contribution is 9.10. The standard InChI is InChI=1S/C21H22BrN3O3/c1-12-20-14(13-6-4-5-7-16(13)23-20)8-9-25(12)21(26)24-17-11-19(28-3)18(27-2)10-15(17)22/h4-7,10-12,23H,8-9H2,1-3H3,(H,24,26). The number of carbonyl (C=O) groups excluding carboxylic acids is 1. The predicted octanol–water partition coefficient (Wildman–Crippen LogP) is 5.10. The molecule has 0 bridgehead atoms. The normalized spacial score (nSPS) is 16.0. The summed E-state index contributed by atoms with van der Waals surface area (Å²) in [6, 6.07) is 11.6. The Hall–Kier alpha value is -2.67. The van der Waals surface area contributed by atoms with E-state index < -0.39 is 0 Å². The maximum atomic E-state index is 13.0. The second-order valence-corrected chi connectivity index (χ2v) is 7.65. The van der Waals surface area contributed by atoms with E-state index in [2.05, 4.69) is 51.4 Å². The molecule has 1 atom stereocenters. The molecule has 0 radical (unpaired) electrons. The van der Waals surface area contributed by atoms with Crippen molar-refractivity contribution in [2.75, 3.05) is 26.1 Å². The molecule has 0 aliphatic carbocycles. The number of carbonyl (C=O) groups is 1. The molecule has 1 unspecified atom stereocenters. The molecular formula is C21H22BrN3O3. The van der Waals surface area contributed by atoms with E-state index in [0.717, 1.165) is 22.1 Å². The molecule has 28 heavy (non-hydrogen) atoms. The molecule has 1 aliphatic rings. The van der Waals surface area contributed by atoms with Crippen LogP contribution < -0.4 is 14.8 Å². The summed E-state index contributed by atoms with van der Waals surface area (Å²) in [5.41, 5.74) is 4.16. The van der Waals surface area contributed by atoms with Crippen molar-refractivity contribution in [3.63, 3.8) is 0 Å². The van der Waals surface area contributed by atoms with Crippen LogP contribution in [0, 0.1) is 0 Å². The van der Waals surface area contributed by atoms with E-state index in [4.69, 9.17) is 9.47 Å². The van der Waals surface area contributed by atoms with Gasteiger partial charge in [-0.05, 0) is 40.9 Å². The molecular weight excluding hydrogens is 422 g/mol. The molecule has 0 fully saturated rings. The molecule has 0 saturated carbocycles. The number of hydrogen-bond donors (Lipinski definition) is 2. The lowest BCUT2D eigenvalue weighted by Crippen LogP contribution is -2.41. The summed E-state index contributed by atoms with van der Waals surface area (Å²) in [6.07, 6.45) is 0.824. The minimum atomic E-state index is -0.148. The Labute approximate surface area is 171 Å². The molecule has 1 aliphatic heterocycles. The van der Waals surface area contributed by atoms with Gasteiger partial charge in [-0.25, -0.2) is 4.79 Å². The number of methoxy groups -OCH3 is 2. The van der Waals surface area contributed by atoms with Gasteiger partial charge in [-0.15, -0.1) is 0 Å². The Bertz CT molecular complexity index is 1050. The number of rotatable bonds is 3. The van der Waals surface area contributed by atoms with Crippen molar-refractivity contribution < 1.29 is 14.3 Å². The highest BCUT2D eigenvalue weighted by Crippen LogP contribution is 2.38. The number of aromatic nitrogens is 1. The smallest absolute Gasteiger partial charge is 0.322 e. The van der Waals surface area contributed by atoms with Gasteiger partial charge in [0.15, 0.2) is 11.5 Å². The Morgan fingerprint density at radius 3 is 2.68 bits per heavy atom. The van der Waals surface area contributed by atoms with Crippen molar-refractivity contribution in [2.45, 2.75) is 19.4 Å². The number of halogens is 1. The van der Waals surface area contributed by atoms with E-state index in [1.807, 2.05) is 11.0 Å². The molecule has 2 amide bonds. The molecule has 7 heteroatoms. The van der Waals surface area contributed by atoms with Gasteiger partial charge in [0.1, 0.15) is 0 Å². The lowest BCUT2D eigenvalue weighted by atomic mass is 9.98. The zero-order valence-corrected chi connectivity index (χ0v) is 17.6. The topological polar surface area (TPSA) is 66.6 Å². The Morgan fingerprint density at radius 1 is 1.21 bits per heavy atom. The van der Waals surface area contributed by atoms with Gasteiger partial charge in [-0.1, -0.05) is 18.2 Å². The molecule has 2 N–H and O–H groups in total. The second kappa shape index (κ2) is 7.39. The molecule has 2 heterocycles. The summed E-state index contributed by atoms with van der Waals surface area (Å²) >= 11 is 3.49. The monoisotopic (exact) mass is 443 g/mol. The number of hydrogen-bond acceptors (Lipinski definition) is 3. The van der Waals surface area contributed by atoms with Gasteiger partial charge < -0.3 is 24.7 Å². The lowest BCUT2D eigenvalue weighted by molar-refractivity contribution is 0.187. The molecule has 2 aromatic carbocycles. The van der Waals surface area contributed by atoms with Gasteiger partial charge in [-0.2, -0.15) is 0 Å². The van der Waals surface area contributed by atoms with E-state index in [0.29, 0.717) is 23.7 Å². The number of nitrogens with zero attached hydrogens (tertiary/aromatic N) is 1. The first-order valence-electron chi connectivity index (χ1n) is 9.12. The number of urea groups is 1. The number of H-pyrrole nitrogens is 1. The van der Waals surface area contributed by atoms with Crippen molar-refractivity contribution in [2.24, 2.45) is 0 Å². The van der Waals surface area contributed by atoms with E-state index in [1.165, 1.54) is 10.9 Å². The molecule has 6 nitrogen and oxygen atoms in total. The van der Waals surface area contributed by atoms with Crippen LogP contribution in [0.3, 0.4) is 0 Å². The largest absolute Gasteiger partial charge is 0.493 e. The van der Waals surface area contributed by atoms with Crippen molar-refractivity contribution in [3.8, 4) is 11.5 Å². The lowest BCUT2D eigenvalue weighted by Gasteiger charge is -2.33. The summed E-state index contributed by atoms with van der Waals surface area (Å²) in [4.78, 5) is 18.4. The SMILES string of the molecule is COc1cc(Br)c(NC(=O)N2CCc3c([nH]c4ccccc34)C2C)cc1OC. The van der Waals surface area contributed by atoms with Gasteiger partial charge in [0, 0.05) is 39.7 Å². The van der Waals surface area contributed by atoms with Crippen LogP contribution in [-0.2, 0) is 6.42 Å². The van der Waals surface area contributed by atoms with Crippen LogP contribution in [0.4, 0.5) is 10.5 Å². The fourth-order valence-electron chi connectivity index (χ4n) is 3.84. The van der Waals surface area contributed by atoms with Crippen LogP contribution in [0.15, 0.2) is 40.9 Å². The zero-order chi connectivity index (χ0) is 19.8. The number of nitrogens with one attached hydrogen (secondary N) is 2. The zero-order valence-electron chi connectivity index (χ0n) is 16.0. The number of ether oxygens (including phenoxy) is 2. The Balaban J connectivity index is 1.59. The number of amides is 2. The number of para-hydroxylation sites is 1. The van der Waals surface area contributed by atoms with Crippen LogP contribution in [0.1, 0.15) is 24.2 Å². The predicted molar refractivity (Wildman–Crippen MR) is 113 cm³/mol. The number of fused-ring (bicyclic) bond motifs is 3. The second-order valence-electron chi connectivity index (χ2n) is 6.80. The highest BCUT2D eigenvalue weighted by atomic mass is 79.9. The number of aromatic amines is 1. The molecule has 0 saturated heterocycles. The van der Waals surface area contributed by atoms with E-state index in [1.54, 1.807) is 26.4 Å². The maximum absolute atomic E-state index is 13.0. The van der Waals surface area contributed by atoms with Crippen molar-refractivity contribution in [1.82, 2.24) is 9.88 Å². The highest BCUT2D eigenvalue weighted by Gasteiger charge is 2.30. The fraction of sp³-hybridized carbons (Fsp3) is 0.286. The minimum Gasteiger partial charge on any atom is -0.493 e. The minimum absolute atomic E-state index is 0.0462. The third-order valence-corrected chi connectivity index (χ3v) is 5.97. The molecule has 0 spiro atoms. The van der Waals surface area contributed by atoms with Crippen LogP contribution in [0.25, 0.3) is 10.9 Å². The van der Waals surface area contributed by atoms with Crippen LogP contribution in [-0.4, -0.2) is 36.7 Å². The summed E-state index contributed by atoms with van der Waals surface area (Å²) in [7, 11) is 3.15. The van der Waals surface area contributed by atoms with Crippen molar-refractivity contribution in [3.05, 3.63) is 52.1 Å². The van der Waals surface area contributed by atoms with Gasteiger partial charge in [0.25, 0.3) is 0 Å². The summed E-state index contributed by atoms with van der Waals surface area (Å²) in [6.45, 7) is 2.71. The maximum Gasteiger partial charge on any atom is 0.322 e. The van der Waals surface area contributed by atoms with Gasteiger partial charge in [0.2, 0.25) is 0 Å². The third-order valence-electron chi connectivity index (χ3n) is 5.31.